The zero-order valence-corrected chi connectivity index (χ0v) is 17.9. The summed E-state index contributed by atoms with van der Waals surface area (Å²) in [5, 5.41) is 21.0. The predicted octanol–water partition coefficient (Wildman–Crippen LogP) is 3.69. The van der Waals surface area contributed by atoms with Crippen molar-refractivity contribution in [2.24, 2.45) is 7.05 Å². The van der Waals surface area contributed by atoms with Crippen molar-refractivity contribution in [1.29, 1.82) is 0 Å². The number of nitrogens with one attached hydrogen (secondary N) is 1. The third kappa shape index (κ3) is 4.94. The average Bonchev–Trinajstić information content (AvgIpc) is 3.44. The lowest BCUT2D eigenvalue weighted by Crippen LogP contribution is -2.14. The van der Waals surface area contributed by atoms with Crippen LogP contribution in [-0.4, -0.2) is 42.7 Å². The summed E-state index contributed by atoms with van der Waals surface area (Å²) in [5.41, 5.74) is 0.958. The number of rotatable bonds is 7. The van der Waals surface area contributed by atoms with Crippen LogP contribution in [0, 0.1) is 6.92 Å². The standard InChI is InChI=1S/C19H22N6O2S2/c1-12-21-23-18(29-12)20-16(26)11-28-19-24-22-17(25(19)2)13-7-9-15(10-8-13)27-14-5-3-4-6-14/h7-10,14H,3-6,11H2,1-2H3,(H,20,23,26). The molecule has 152 valence electrons. The molecule has 0 saturated heterocycles. The normalized spacial score (nSPS) is 14.3. The van der Waals surface area contributed by atoms with Gasteiger partial charge < -0.3 is 9.30 Å². The van der Waals surface area contributed by atoms with Gasteiger partial charge in [-0.2, -0.15) is 0 Å². The van der Waals surface area contributed by atoms with Gasteiger partial charge in [0.05, 0.1) is 11.9 Å². The summed E-state index contributed by atoms with van der Waals surface area (Å²) in [6, 6.07) is 7.94. The van der Waals surface area contributed by atoms with E-state index in [1.807, 2.05) is 42.8 Å². The third-order valence-corrected chi connectivity index (χ3v) is 6.43. The number of amides is 1. The summed E-state index contributed by atoms with van der Waals surface area (Å²) in [4.78, 5) is 12.1. The average molecular weight is 431 g/mol. The zero-order chi connectivity index (χ0) is 20.2. The van der Waals surface area contributed by atoms with Crippen molar-refractivity contribution in [2.75, 3.05) is 11.1 Å². The van der Waals surface area contributed by atoms with E-state index in [0.29, 0.717) is 16.4 Å². The number of aryl methyl sites for hydroxylation is 1. The number of anilines is 1. The van der Waals surface area contributed by atoms with E-state index in [9.17, 15) is 4.79 Å². The number of thioether (sulfide) groups is 1. The van der Waals surface area contributed by atoms with E-state index in [-0.39, 0.29) is 11.7 Å². The molecule has 0 aliphatic heterocycles. The molecule has 10 heteroatoms. The van der Waals surface area contributed by atoms with Gasteiger partial charge in [0.1, 0.15) is 10.8 Å². The minimum absolute atomic E-state index is 0.149. The van der Waals surface area contributed by atoms with Gasteiger partial charge in [-0.15, -0.1) is 20.4 Å². The highest BCUT2D eigenvalue weighted by Gasteiger charge is 2.17. The summed E-state index contributed by atoms with van der Waals surface area (Å²) in [6.07, 6.45) is 5.12. The van der Waals surface area contributed by atoms with Crippen molar-refractivity contribution >= 4 is 34.1 Å². The van der Waals surface area contributed by atoms with E-state index in [0.717, 1.165) is 35.0 Å². The number of carbonyl (C=O) groups is 1. The van der Waals surface area contributed by atoms with E-state index >= 15 is 0 Å². The number of carbonyl (C=O) groups excluding carboxylic acids is 1. The molecule has 0 radical (unpaired) electrons. The number of hydrogen-bond donors (Lipinski definition) is 1. The first-order chi connectivity index (χ1) is 14.1. The molecule has 2 aromatic heterocycles. The molecule has 1 aliphatic carbocycles. The quantitative estimate of drug-likeness (QED) is 0.571. The van der Waals surface area contributed by atoms with Crippen LogP contribution < -0.4 is 10.1 Å². The molecule has 1 aromatic carbocycles. The van der Waals surface area contributed by atoms with Gasteiger partial charge in [-0.25, -0.2) is 0 Å². The van der Waals surface area contributed by atoms with Crippen LogP contribution in [0.2, 0.25) is 0 Å². The molecule has 0 spiro atoms. The summed E-state index contributed by atoms with van der Waals surface area (Å²) in [5.74, 6) is 1.71. The fraction of sp³-hybridized carbons (Fsp3) is 0.421. The Labute approximate surface area is 177 Å². The fourth-order valence-corrected chi connectivity index (χ4v) is 4.52. The fourth-order valence-electron chi connectivity index (χ4n) is 3.21. The van der Waals surface area contributed by atoms with Crippen molar-refractivity contribution in [1.82, 2.24) is 25.0 Å². The molecular formula is C19H22N6O2S2. The highest BCUT2D eigenvalue weighted by molar-refractivity contribution is 7.99. The van der Waals surface area contributed by atoms with E-state index < -0.39 is 0 Å². The minimum atomic E-state index is -0.149. The smallest absolute Gasteiger partial charge is 0.236 e. The number of ether oxygens (including phenoxy) is 1. The van der Waals surface area contributed by atoms with E-state index in [4.69, 9.17) is 4.74 Å². The highest BCUT2D eigenvalue weighted by Crippen LogP contribution is 2.27. The van der Waals surface area contributed by atoms with Gasteiger partial charge in [0.2, 0.25) is 11.0 Å². The predicted molar refractivity (Wildman–Crippen MR) is 113 cm³/mol. The highest BCUT2D eigenvalue weighted by atomic mass is 32.2. The number of nitrogens with zero attached hydrogens (tertiary/aromatic N) is 5. The van der Waals surface area contributed by atoms with Crippen LogP contribution in [0.15, 0.2) is 29.4 Å². The molecular weight excluding hydrogens is 408 g/mol. The van der Waals surface area contributed by atoms with Crippen LogP contribution in [0.25, 0.3) is 11.4 Å². The van der Waals surface area contributed by atoms with Crippen LogP contribution >= 0.6 is 23.1 Å². The Hall–Kier alpha value is -2.46. The molecule has 1 amide bonds. The van der Waals surface area contributed by atoms with Gasteiger partial charge >= 0.3 is 0 Å². The first-order valence-electron chi connectivity index (χ1n) is 9.48. The molecule has 1 aliphatic rings. The Morgan fingerprint density at radius 2 is 1.97 bits per heavy atom. The Bertz CT molecular complexity index is 979. The van der Waals surface area contributed by atoms with Crippen molar-refractivity contribution < 1.29 is 9.53 Å². The van der Waals surface area contributed by atoms with Crippen molar-refractivity contribution in [3.8, 4) is 17.1 Å². The summed E-state index contributed by atoms with van der Waals surface area (Å²) < 4.78 is 7.91. The molecule has 0 unspecified atom stereocenters. The molecule has 1 saturated carbocycles. The largest absolute Gasteiger partial charge is 0.490 e. The zero-order valence-electron chi connectivity index (χ0n) is 16.3. The SMILES string of the molecule is Cc1nnc(NC(=O)CSc2nnc(-c3ccc(OC4CCCC4)cc3)n2C)s1. The molecule has 0 bridgehead atoms. The maximum Gasteiger partial charge on any atom is 0.236 e. The summed E-state index contributed by atoms with van der Waals surface area (Å²) >= 11 is 2.68. The van der Waals surface area contributed by atoms with Gasteiger partial charge in [0.25, 0.3) is 0 Å². The lowest BCUT2D eigenvalue weighted by Gasteiger charge is -2.13. The number of aromatic nitrogens is 5. The molecule has 29 heavy (non-hydrogen) atoms. The summed E-state index contributed by atoms with van der Waals surface area (Å²) in [6.45, 7) is 1.84. The molecule has 8 nitrogen and oxygen atoms in total. The Balaban J connectivity index is 1.35. The molecule has 0 atom stereocenters. The summed E-state index contributed by atoms with van der Waals surface area (Å²) in [7, 11) is 1.90. The first-order valence-corrected chi connectivity index (χ1v) is 11.3. The van der Waals surface area contributed by atoms with E-state index in [1.165, 1.54) is 35.9 Å². The number of hydrogen-bond acceptors (Lipinski definition) is 8. The maximum absolute atomic E-state index is 12.1. The van der Waals surface area contributed by atoms with Gasteiger partial charge in [0.15, 0.2) is 11.0 Å². The Morgan fingerprint density at radius 3 is 2.66 bits per heavy atom. The molecule has 4 rings (SSSR count). The lowest BCUT2D eigenvalue weighted by molar-refractivity contribution is -0.113. The second kappa shape index (κ2) is 8.91. The molecule has 2 heterocycles. The molecule has 3 aromatic rings. The van der Waals surface area contributed by atoms with Crippen LogP contribution in [0.3, 0.4) is 0 Å². The third-order valence-electron chi connectivity index (χ3n) is 4.66. The van der Waals surface area contributed by atoms with Gasteiger partial charge in [0, 0.05) is 12.6 Å². The second-order valence-corrected chi connectivity index (χ2v) is 9.00. The van der Waals surface area contributed by atoms with Crippen molar-refractivity contribution in [2.45, 2.75) is 43.9 Å². The Kier molecular flexibility index (Phi) is 6.10. The molecule has 1 fully saturated rings. The monoisotopic (exact) mass is 430 g/mol. The topological polar surface area (TPSA) is 94.8 Å². The van der Waals surface area contributed by atoms with Crippen LogP contribution in [0.4, 0.5) is 5.13 Å². The van der Waals surface area contributed by atoms with Gasteiger partial charge in [-0.3, -0.25) is 10.1 Å². The van der Waals surface area contributed by atoms with Crippen molar-refractivity contribution in [3.05, 3.63) is 29.3 Å². The number of benzene rings is 1. The van der Waals surface area contributed by atoms with Crippen LogP contribution in [-0.2, 0) is 11.8 Å². The minimum Gasteiger partial charge on any atom is -0.490 e. The van der Waals surface area contributed by atoms with Gasteiger partial charge in [-0.05, 0) is 56.9 Å². The lowest BCUT2D eigenvalue weighted by atomic mass is 10.2. The van der Waals surface area contributed by atoms with Crippen LogP contribution in [0.5, 0.6) is 5.75 Å². The van der Waals surface area contributed by atoms with Gasteiger partial charge in [-0.1, -0.05) is 23.1 Å². The van der Waals surface area contributed by atoms with Crippen molar-refractivity contribution in [3.63, 3.8) is 0 Å². The second-order valence-electron chi connectivity index (χ2n) is 6.88. The van der Waals surface area contributed by atoms with E-state index in [2.05, 4.69) is 25.7 Å². The molecule has 1 N–H and O–H groups in total. The van der Waals surface area contributed by atoms with Crippen LogP contribution in [0.1, 0.15) is 30.7 Å². The maximum atomic E-state index is 12.1. The first kappa shape index (κ1) is 19.8. The Morgan fingerprint density at radius 1 is 1.21 bits per heavy atom. The van der Waals surface area contributed by atoms with E-state index in [1.54, 1.807) is 0 Å².